The minimum absolute atomic E-state index is 0.232. The summed E-state index contributed by atoms with van der Waals surface area (Å²) in [6.07, 6.45) is 0. The zero-order valence-corrected chi connectivity index (χ0v) is 8.50. The Hall–Kier alpha value is -1.83. The van der Waals surface area contributed by atoms with Crippen LogP contribution in [0.2, 0.25) is 0 Å². The van der Waals surface area contributed by atoms with E-state index in [1.807, 2.05) is 25.1 Å². The molecule has 0 heterocycles. The summed E-state index contributed by atoms with van der Waals surface area (Å²) in [7, 11) is 0. The molecule has 76 valence electrons. The SMILES string of the molecule is Cc1ccc(N)c(-c2ccc(F)cc2)c1. The van der Waals surface area contributed by atoms with Crippen LogP contribution in [0, 0.1) is 12.7 Å². The predicted octanol–water partition coefficient (Wildman–Crippen LogP) is 3.38. The van der Waals surface area contributed by atoms with E-state index in [1.165, 1.54) is 12.1 Å². The predicted molar refractivity (Wildman–Crippen MR) is 61.0 cm³/mol. The van der Waals surface area contributed by atoms with E-state index >= 15 is 0 Å². The van der Waals surface area contributed by atoms with E-state index in [4.69, 9.17) is 5.73 Å². The Bertz CT molecular complexity index is 474. The van der Waals surface area contributed by atoms with Gasteiger partial charge < -0.3 is 5.73 Å². The number of hydrogen-bond acceptors (Lipinski definition) is 1. The molecule has 0 aliphatic rings. The van der Waals surface area contributed by atoms with Crippen molar-refractivity contribution in [1.82, 2.24) is 0 Å². The lowest BCUT2D eigenvalue weighted by molar-refractivity contribution is 0.628. The van der Waals surface area contributed by atoms with Gasteiger partial charge in [0.15, 0.2) is 0 Å². The van der Waals surface area contributed by atoms with E-state index in [9.17, 15) is 4.39 Å². The number of anilines is 1. The Morgan fingerprint density at radius 1 is 1.00 bits per heavy atom. The molecule has 0 fully saturated rings. The van der Waals surface area contributed by atoms with Crippen LogP contribution in [0.4, 0.5) is 10.1 Å². The molecule has 0 aliphatic carbocycles. The van der Waals surface area contributed by atoms with E-state index in [0.29, 0.717) is 5.69 Å². The van der Waals surface area contributed by atoms with E-state index in [-0.39, 0.29) is 5.82 Å². The second kappa shape index (κ2) is 3.73. The highest BCUT2D eigenvalue weighted by Gasteiger charge is 2.02. The Balaban J connectivity index is 2.53. The van der Waals surface area contributed by atoms with Crippen molar-refractivity contribution < 1.29 is 4.39 Å². The standard InChI is InChI=1S/C13H12FN/c1-9-2-7-13(15)12(8-9)10-3-5-11(14)6-4-10/h2-8H,15H2,1H3. The average Bonchev–Trinajstić information content (AvgIpc) is 2.23. The van der Waals surface area contributed by atoms with Crippen LogP contribution in [0.25, 0.3) is 11.1 Å². The number of hydrogen-bond donors (Lipinski definition) is 1. The molecule has 1 nitrogen and oxygen atoms in total. The van der Waals surface area contributed by atoms with Crippen LogP contribution in [0.1, 0.15) is 5.56 Å². The molecule has 2 aromatic rings. The molecule has 0 amide bonds. The molecule has 0 aliphatic heterocycles. The van der Waals surface area contributed by atoms with Gasteiger partial charge >= 0.3 is 0 Å². The number of benzene rings is 2. The van der Waals surface area contributed by atoms with E-state index < -0.39 is 0 Å². The number of rotatable bonds is 1. The molecular formula is C13H12FN. The van der Waals surface area contributed by atoms with Gasteiger partial charge in [-0.05, 0) is 36.8 Å². The molecule has 0 saturated heterocycles. The van der Waals surface area contributed by atoms with Gasteiger partial charge in [-0.1, -0.05) is 23.8 Å². The van der Waals surface area contributed by atoms with Gasteiger partial charge in [0.05, 0.1) is 0 Å². The minimum Gasteiger partial charge on any atom is -0.398 e. The summed E-state index contributed by atoms with van der Waals surface area (Å²) < 4.78 is 12.8. The maximum atomic E-state index is 12.8. The first-order chi connectivity index (χ1) is 7.16. The van der Waals surface area contributed by atoms with E-state index in [2.05, 4.69) is 0 Å². The Labute approximate surface area is 88.4 Å². The number of halogens is 1. The van der Waals surface area contributed by atoms with E-state index in [1.54, 1.807) is 12.1 Å². The van der Waals surface area contributed by atoms with E-state index in [0.717, 1.165) is 16.7 Å². The third kappa shape index (κ3) is 1.99. The monoisotopic (exact) mass is 201 g/mol. The molecule has 0 aromatic heterocycles. The summed E-state index contributed by atoms with van der Waals surface area (Å²) in [5.41, 5.74) is 9.62. The largest absolute Gasteiger partial charge is 0.398 e. The van der Waals surface area contributed by atoms with Crippen LogP contribution in [0.3, 0.4) is 0 Å². The van der Waals surface area contributed by atoms with Gasteiger partial charge in [-0.25, -0.2) is 4.39 Å². The normalized spacial score (nSPS) is 10.3. The van der Waals surface area contributed by atoms with Crippen molar-refractivity contribution in [1.29, 1.82) is 0 Å². The van der Waals surface area contributed by atoms with Gasteiger partial charge in [0.2, 0.25) is 0 Å². The van der Waals surface area contributed by atoms with Crippen LogP contribution in [0.5, 0.6) is 0 Å². The topological polar surface area (TPSA) is 26.0 Å². The highest BCUT2D eigenvalue weighted by atomic mass is 19.1. The van der Waals surface area contributed by atoms with Crippen molar-refractivity contribution in [2.24, 2.45) is 0 Å². The first-order valence-corrected chi connectivity index (χ1v) is 4.79. The molecule has 0 spiro atoms. The second-order valence-corrected chi connectivity index (χ2v) is 3.60. The molecule has 0 unspecified atom stereocenters. The van der Waals surface area contributed by atoms with Crippen molar-refractivity contribution >= 4 is 5.69 Å². The summed E-state index contributed by atoms with van der Waals surface area (Å²) in [5, 5.41) is 0. The third-order valence-corrected chi connectivity index (χ3v) is 2.36. The lowest BCUT2D eigenvalue weighted by Gasteiger charge is -2.06. The molecular weight excluding hydrogens is 189 g/mol. The van der Waals surface area contributed by atoms with Crippen molar-refractivity contribution in [2.45, 2.75) is 6.92 Å². The Kier molecular flexibility index (Phi) is 2.42. The van der Waals surface area contributed by atoms with Gasteiger partial charge in [-0.15, -0.1) is 0 Å². The lowest BCUT2D eigenvalue weighted by atomic mass is 10.0. The zero-order chi connectivity index (χ0) is 10.8. The molecule has 15 heavy (non-hydrogen) atoms. The van der Waals surface area contributed by atoms with Crippen molar-refractivity contribution in [3.63, 3.8) is 0 Å². The smallest absolute Gasteiger partial charge is 0.123 e. The molecule has 2 heteroatoms. The average molecular weight is 201 g/mol. The molecule has 2 N–H and O–H groups in total. The fraction of sp³-hybridized carbons (Fsp3) is 0.0769. The van der Waals surface area contributed by atoms with Gasteiger partial charge in [0, 0.05) is 11.3 Å². The van der Waals surface area contributed by atoms with Crippen LogP contribution >= 0.6 is 0 Å². The van der Waals surface area contributed by atoms with Gasteiger partial charge in [0.25, 0.3) is 0 Å². The lowest BCUT2D eigenvalue weighted by Crippen LogP contribution is -1.90. The summed E-state index contributed by atoms with van der Waals surface area (Å²) >= 11 is 0. The van der Waals surface area contributed by atoms with Crippen LogP contribution in [0.15, 0.2) is 42.5 Å². The number of aryl methyl sites for hydroxylation is 1. The second-order valence-electron chi connectivity index (χ2n) is 3.60. The van der Waals surface area contributed by atoms with Gasteiger partial charge in [-0.2, -0.15) is 0 Å². The summed E-state index contributed by atoms with van der Waals surface area (Å²) in [4.78, 5) is 0. The van der Waals surface area contributed by atoms with Gasteiger partial charge in [-0.3, -0.25) is 0 Å². The first kappa shape index (κ1) is 9.71. The molecule has 0 bridgehead atoms. The van der Waals surface area contributed by atoms with Crippen molar-refractivity contribution in [2.75, 3.05) is 5.73 Å². The highest BCUT2D eigenvalue weighted by molar-refractivity contribution is 5.76. The minimum atomic E-state index is -0.232. The summed E-state index contributed by atoms with van der Waals surface area (Å²) in [5.74, 6) is -0.232. The quantitative estimate of drug-likeness (QED) is 0.703. The molecule has 0 radical (unpaired) electrons. The summed E-state index contributed by atoms with van der Waals surface area (Å²) in [6, 6.07) is 12.2. The third-order valence-electron chi connectivity index (χ3n) is 2.36. The fourth-order valence-electron chi connectivity index (χ4n) is 1.55. The van der Waals surface area contributed by atoms with Gasteiger partial charge in [0.1, 0.15) is 5.82 Å². The maximum Gasteiger partial charge on any atom is 0.123 e. The van der Waals surface area contributed by atoms with Crippen LogP contribution in [-0.4, -0.2) is 0 Å². The number of nitrogens with two attached hydrogens (primary N) is 1. The first-order valence-electron chi connectivity index (χ1n) is 4.79. The van der Waals surface area contributed by atoms with Crippen molar-refractivity contribution in [3.8, 4) is 11.1 Å². The Morgan fingerprint density at radius 2 is 1.67 bits per heavy atom. The van der Waals surface area contributed by atoms with Crippen LogP contribution < -0.4 is 5.73 Å². The molecule has 0 saturated carbocycles. The molecule has 0 atom stereocenters. The molecule has 2 aromatic carbocycles. The van der Waals surface area contributed by atoms with Crippen molar-refractivity contribution in [3.05, 3.63) is 53.8 Å². The van der Waals surface area contributed by atoms with Crippen LogP contribution in [-0.2, 0) is 0 Å². The number of nitrogen functional groups attached to an aromatic ring is 1. The summed E-state index contributed by atoms with van der Waals surface area (Å²) in [6.45, 7) is 2.01. The Morgan fingerprint density at radius 3 is 2.33 bits per heavy atom. The highest BCUT2D eigenvalue weighted by Crippen LogP contribution is 2.26. The molecule has 2 rings (SSSR count). The zero-order valence-electron chi connectivity index (χ0n) is 8.50. The maximum absolute atomic E-state index is 12.8. The fourth-order valence-corrected chi connectivity index (χ4v) is 1.55.